The fourth-order valence-corrected chi connectivity index (χ4v) is 6.50. The van der Waals surface area contributed by atoms with Crippen LogP contribution in [-0.4, -0.2) is 65.5 Å². The highest BCUT2D eigenvalue weighted by atomic mass is 31.2. The molecule has 0 aliphatic heterocycles. The van der Waals surface area contributed by atoms with E-state index in [0.29, 0.717) is 29.5 Å². The first-order valence-corrected chi connectivity index (χ1v) is 13.8. The highest BCUT2D eigenvalue weighted by Crippen LogP contribution is 2.55. The monoisotopic (exact) mass is 507 g/mol. The van der Waals surface area contributed by atoms with Crippen molar-refractivity contribution in [2.24, 2.45) is 17.0 Å². The first-order valence-electron chi connectivity index (χ1n) is 12.0. The summed E-state index contributed by atoms with van der Waals surface area (Å²) in [6.45, 7) is 7.25. The van der Waals surface area contributed by atoms with E-state index >= 15 is 0 Å². The minimum absolute atomic E-state index is 0.287. The fraction of sp³-hybridized carbons (Fsp3) is 0.682. The van der Waals surface area contributed by atoms with Crippen LogP contribution in [0.25, 0.3) is 11.2 Å². The highest BCUT2D eigenvalue weighted by molar-refractivity contribution is 7.56. The highest BCUT2D eigenvalue weighted by Gasteiger charge is 2.44. The molecule has 2 aliphatic rings. The summed E-state index contributed by atoms with van der Waals surface area (Å²) in [5, 5.41) is 14.0. The van der Waals surface area contributed by atoms with Crippen LogP contribution in [0.4, 0.5) is 5.82 Å². The van der Waals surface area contributed by atoms with Crippen LogP contribution in [0, 0.1) is 11.8 Å². The van der Waals surface area contributed by atoms with Crippen molar-refractivity contribution in [3.63, 3.8) is 0 Å². The Kier molecular flexibility index (Phi) is 7.44. The van der Waals surface area contributed by atoms with E-state index in [-0.39, 0.29) is 18.2 Å². The molecule has 13 heteroatoms. The normalized spacial score (nSPS) is 19.5. The van der Waals surface area contributed by atoms with Gasteiger partial charge in [-0.3, -0.25) is 9.36 Å². The van der Waals surface area contributed by atoms with Crippen molar-refractivity contribution >= 4 is 36.2 Å². The van der Waals surface area contributed by atoms with Crippen molar-refractivity contribution in [2.75, 3.05) is 12.1 Å². The lowest BCUT2D eigenvalue weighted by molar-refractivity contribution is -0.141. The second-order valence-electron chi connectivity index (χ2n) is 9.71. The van der Waals surface area contributed by atoms with Gasteiger partial charge in [0, 0.05) is 17.9 Å². The molecule has 0 radical (unpaired) electrons. The number of hydrogen-bond acceptors (Lipinski definition) is 9. The lowest BCUT2D eigenvalue weighted by Gasteiger charge is -2.35. The van der Waals surface area contributed by atoms with Gasteiger partial charge in [-0.15, -0.1) is 0 Å². The summed E-state index contributed by atoms with van der Waals surface area (Å²) in [5.41, 5.74) is 7.88. The number of carboxylic acids is 1. The van der Waals surface area contributed by atoms with Gasteiger partial charge >= 0.3 is 13.5 Å². The average Bonchev–Trinajstić information content (AvgIpc) is 3.73. The predicted octanol–water partition coefficient (Wildman–Crippen LogP) is 3.34. The summed E-state index contributed by atoms with van der Waals surface area (Å²) in [6, 6.07) is -1.42. The number of carboxylic acid groups (broad SMARTS) is 1. The van der Waals surface area contributed by atoms with Gasteiger partial charge in [-0.1, -0.05) is 5.16 Å². The number of aliphatic carboxylic acids is 1. The van der Waals surface area contributed by atoms with Gasteiger partial charge < -0.3 is 24.8 Å². The van der Waals surface area contributed by atoms with Crippen LogP contribution >= 0.6 is 7.52 Å². The minimum atomic E-state index is -3.80. The van der Waals surface area contributed by atoms with Crippen molar-refractivity contribution in [1.82, 2.24) is 24.2 Å². The predicted molar refractivity (Wildman–Crippen MR) is 131 cm³/mol. The van der Waals surface area contributed by atoms with Crippen LogP contribution in [0.3, 0.4) is 0 Å². The van der Waals surface area contributed by atoms with Gasteiger partial charge in [0.1, 0.15) is 24.2 Å². The number of hydrogen-bond donors (Lipinski definition) is 2. The number of aromatic nitrogens is 4. The zero-order valence-electron chi connectivity index (χ0n) is 20.6. The second kappa shape index (κ2) is 10.2. The molecule has 2 aromatic heterocycles. The number of nitrogens with zero attached hydrogens (tertiary/aromatic N) is 6. The molecule has 0 spiro atoms. The standard InChI is InChI=1S/C22H34N7O5P/c1-13(2)29(15(4)22(30)31)35(32,34-27-18(16-5-6-16)17-7-8-17)12-33-14(3)9-28-11-26-19-20(23)24-10-25-21(19)28/h10-11,13-17H,5-9,12H2,1-4H3,(H,30,31)(H2,23,24,25). The van der Waals surface area contributed by atoms with Crippen molar-refractivity contribution in [1.29, 1.82) is 0 Å². The Hall–Kier alpha value is -2.56. The lowest BCUT2D eigenvalue weighted by atomic mass is 10.2. The molecule has 0 saturated heterocycles. The number of rotatable bonds is 13. The number of imidazole rings is 1. The summed E-state index contributed by atoms with van der Waals surface area (Å²) in [7, 11) is -3.80. The van der Waals surface area contributed by atoms with Crippen LogP contribution in [0.1, 0.15) is 53.4 Å². The summed E-state index contributed by atoms with van der Waals surface area (Å²) >= 11 is 0. The van der Waals surface area contributed by atoms with Crippen molar-refractivity contribution in [2.45, 2.75) is 78.1 Å². The Morgan fingerprint density at radius 3 is 2.46 bits per heavy atom. The number of fused-ring (bicyclic) bond motifs is 1. The molecule has 35 heavy (non-hydrogen) atoms. The maximum Gasteiger partial charge on any atom is 0.367 e. The van der Waals surface area contributed by atoms with Crippen LogP contribution in [0.15, 0.2) is 17.8 Å². The van der Waals surface area contributed by atoms with E-state index in [4.69, 9.17) is 15.1 Å². The Bertz CT molecular complexity index is 1130. The molecule has 4 rings (SSSR count). The lowest BCUT2D eigenvalue weighted by Crippen LogP contribution is -2.42. The number of ether oxygens (including phenoxy) is 1. The number of oxime groups is 1. The first-order chi connectivity index (χ1) is 16.6. The molecule has 12 nitrogen and oxygen atoms in total. The van der Waals surface area contributed by atoms with E-state index in [1.165, 1.54) is 17.9 Å². The third kappa shape index (κ3) is 5.82. The number of anilines is 1. The Morgan fingerprint density at radius 2 is 1.89 bits per heavy atom. The largest absolute Gasteiger partial charge is 0.480 e. The van der Waals surface area contributed by atoms with E-state index in [1.54, 1.807) is 24.7 Å². The molecule has 0 bridgehead atoms. The van der Waals surface area contributed by atoms with Gasteiger partial charge in [0.05, 0.1) is 24.7 Å². The maximum atomic E-state index is 14.2. The van der Waals surface area contributed by atoms with E-state index in [1.807, 2.05) is 6.92 Å². The average molecular weight is 508 g/mol. The van der Waals surface area contributed by atoms with E-state index in [2.05, 4.69) is 20.1 Å². The quantitative estimate of drug-likeness (QED) is 0.234. The molecule has 3 N–H and O–H groups in total. The van der Waals surface area contributed by atoms with Crippen LogP contribution in [-0.2, 0) is 25.3 Å². The fourth-order valence-electron chi connectivity index (χ4n) is 4.24. The van der Waals surface area contributed by atoms with E-state index in [9.17, 15) is 14.5 Å². The summed E-state index contributed by atoms with van der Waals surface area (Å²) < 4.78 is 29.1. The number of nitrogen functional groups attached to an aromatic ring is 1. The summed E-state index contributed by atoms with van der Waals surface area (Å²) in [6.07, 6.45) is 6.48. The molecule has 2 aromatic rings. The van der Waals surface area contributed by atoms with E-state index < -0.39 is 25.6 Å². The summed E-state index contributed by atoms with van der Waals surface area (Å²) in [5.74, 6) is -0.0463. The van der Waals surface area contributed by atoms with Gasteiger partial charge in [-0.2, -0.15) is 0 Å². The second-order valence-corrected chi connectivity index (χ2v) is 11.9. The third-order valence-electron chi connectivity index (χ3n) is 6.31. The Balaban J connectivity index is 1.53. The molecule has 2 heterocycles. The van der Waals surface area contributed by atoms with Crippen LogP contribution in [0.2, 0.25) is 0 Å². The molecule has 2 aliphatic carbocycles. The molecule has 0 aromatic carbocycles. The van der Waals surface area contributed by atoms with Gasteiger partial charge in [0.15, 0.2) is 11.5 Å². The minimum Gasteiger partial charge on any atom is -0.480 e. The first kappa shape index (κ1) is 25.5. The van der Waals surface area contributed by atoms with Crippen molar-refractivity contribution < 1.29 is 23.8 Å². The maximum absolute atomic E-state index is 14.2. The van der Waals surface area contributed by atoms with Gasteiger partial charge in [-0.25, -0.2) is 19.6 Å². The van der Waals surface area contributed by atoms with Gasteiger partial charge in [0.2, 0.25) is 0 Å². The topological polar surface area (TPSA) is 158 Å². The number of nitrogens with two attached hydrogens (primary N) is 1. The molecule has 3 atom stereocenters. The van der Waals surface area contributed by atoms with E-state index in [0.717, 1.165) is 31.4 Å². The number of carbonyl (C=O) groups is 1. The van der Waals surface area contributed by atoms with Crippen LogP contribution < -0.4 is 5.73 Å². The summed E-state index contributed by atoms with van der Waals surface area (Å²) in [4.78, 5) is 24.3. The molecule has 2 fully saturated rings. The zero-order chi connectivity index (χ0) is 25.3. The molecule has 3 unspecified atom stereocenters. The van der Waals surface area contributed by atoms with Crippen LogP contribution in [0.5, 0.6) is 0 Å². The molecule has 2 saturated carbocycles. The molecular weight excluding hydrogens is 473 g/mol. The Labute approximate surface area is 204 Å². The molecular formula is C22H34N7O5P. The smallest absolute Gasteiger partial charge is 0.367 e. The third-order valence-corrected chi connectivity index (χ3v) is 8.63. The van der Waals surface area contributed by atoms with Crippen molar-refractivity contribution in [3.05, 3.63) is 12.7 Å². The van der Waals surface area contributed by atoms with Gasteiger partial charge in [0.25, 0.3) is 0 Å². The zero-order valence-corrected chi connectivity index (χ0v) is 21.5. The Morgan fingerprint density at radius 1 is 1.23 bits per heavy atom. The van der Waals surface area contributed by atoms with Gasteiger partial charge in [-0.05, 0) is 53.4 Å². The van der Waals surface area contributed by atoms with Crippen molar-refractivity contribution in [3.8, 4) is 0 Å². The molecule has 0 amide bonds. The SMILES string of the molecule is CC(Cn1cnc2c(N)ncnc21)OCP(=O)(ON=C(C1CC1)C1CC1)N(C(C)C)C(C)C(=O)O. The molecule has 192 valence electrons.